The predicted octanol–water partition coefficient (Wildman–Crippen LogP) is 2.75. The molecule has 106 valence electrons. The summed E-state index contributed by atoms with van der Waals surface area (Å²) in [6, 6.07) is 5.17. The molecule has 0 spiro atoms. The average Bonchev–Trinajstić information content (AvgIpc) is 2.38. The summed E-state index contributed by atoms with van der Waals surface area (Å²) in [5, 5.41) is 11.9. The van der Waals surface area contributed by atoms with E-state index >= 15 is 0 Å². The summed E-state index contributed by atoms with van der Waals surface area (Å²) < 4.78 is 38.7. The molecule has 1 aliphatic heterocycles. The number of benzene rings is 1. The van der Waals surface area contributed by atoms with Crippen molar-refractivity contribution < 1.29 is 23.1 Å². The lowest BCUT2D eigenvalue weighted by Gasteiger charge is -2.18. The quantitative estimate of drug-likeness (QED) is 0.896. The van der Waals surface area contributed by atoms with Crippen molar-refractivity contribution >= 4 is 5.97 Å². The number of carboxylic acid groups (broad SMARTS) is 1. The smallest absolute Gasteiger partial charge is 0.416 e. The number of alkyl halides is 3. The number of aliphatic carboxylic acids is 1. The molecule has 0 saturated carbocycles. The minimum atomic E-state index is -4.45. The second-order valence-corrected chi connectivity index (χ2v) is 4.31. The fourth-order valence-corrected chi connectivity index (χ4v) is 2.05. The van der Waals surface area contributed by atoms with Crippen LogP contribution in [0.3, 0.4) is 0 Å². The Balaban J connectivity index is 2.40. The van der Waals surface area contributed by atoms with Gasteiger partial charge in [-0.25, -0.2) is 4.79 Å². The Morgan fingerprint density at radius 2 is 2.00 bits per heavy atom. The summed E-state index contributed by atoms with van der Waals surface area (Å²) in [6.45, 7) is 0.403. The lowest BCUT2D eigenvalue weighted by Crippen LogP contribution is -2.24. The van der Waals surface area contributed by atoms with Gasteiger partial charge in [-0.15, -0.1) is 0 Å². The summed E-state index contributed by atoms with van der Waals surface area (Å²) in [5.74, 6) is -1.16. The lowest BCUT2D eigenvalue weighted by molar-refractivity contribution is -0.138. The number of dihydropyridines is 1. The van der Waals surface area contributed by atoms with Gasteiger partial charge in [-0.05, 0) is 17.7 Å². The maximum atomic E-state index is 12.9. The van der Waals surface area contributed by atoms with Crippen LogP contribution in [-0.4, -0.2) is 17.6 Å². The number of halogens is 3. The van der Waals surface area contributed by atoms with Crippen LogP contribution in [0.25, 0.3) is 0 Å². The number of carboxylic acids is 1. The maximum absolute atomic E-state index is 12.9. The van der Waals surface area contributed by atoms with Crippen molar-refractivity contribution in [3.05, 3.63) is 58.8 Å². The van der Waals surface area contributed by atoms with Crippen molar-refractivity contribution in [3.63, 3.8) is 0 Å². The molecule has 0 aromatic heterocycles. The molecule has 0 amide bonds. The Bertz CT molecular complexity index is 588. The van der Waals surface area contributed by atoms with Crippen molar-refractivity contribution in [1.82, 2.24) is 5.32 Å². The van der Waals surface area contributed by atoms with Crippen LogP contribution in [0.15, 0.2) is 47.7 Å². The van der Waals surface area contributed by atoms with Crippen molar-refractivity contribution in [2.75, 3.05) is 6.54 Å². The normalized spacial score (nSPS) is 15.2. The number of nitrogens with one attached hydrogen (secondary N) is 1. The first-order valence-electron chi connectivity index (χ1n) is 5.91. The Labute approximate surface area is 113 Å². The second-order valence-electron chi connectivity index (χ2n) is 4.31. The molecule has 1 aromatic carbocycles. The zero-order chi connectivity index (χ0) is 14.8. The Morgan fingerprint density at radius 3 is 2.65 bits per heavy atom. The molecule has 2 rings (SSSR count). The number of hydrogen-bond donors (Lipinski definition) is 2. The summed E-state index contributed by atoms with van der Waals surface area (Å²) in [4.78, 5) is 11.1. The van der Waals surface area contributed by atoms with Crippen molar-refractivity contribution in [3.8, 4) is 0 Å². The number of carbonyl (C=O) groups is 1. The van der Waals surface area contributed by atoms with E-state index in [0.29, 0.717) is 6.54 Å². The van der Waals surface area contributed by atoms with Gasteiger partial charge in [0.25, 0.3) is 0 Å². The highest BCUT2D eigenvalue weighted by Crippen LogP contribution is 2.33. The van der Waals surface area contributed by atoms with Crippen LogP contribution in [0.4, 0.5) is 13.2 Å². The zero-order valence-electron chi connectivity index (χ0n) is 10.4. The fraction of sp³-hybridized carbons (Fsp3) is 0.214. The Kier molecular flexibility index (Phi) is 3.83. The molecule has 2 N–H and O–H groups in total. The summed E-state index contributed by atoms with van der Waals surface area (Å²) >= 11 is 0. The molecule has 0 atom stereocenters. The first kappa shape index (κ1) is 14.2. The molecular weight excluding hydrogens is 271 g/mol. The van der Waals surface area contributed by atoms with E-state index in [9.17, 15) is 18.0 Å². The van der Waals surface area contributed by atoms with Crippen LogP contribution < -0.4 is 5.32 Å². The van der Waals surface area contributed by atoms with Gasteiger partial charge in [-0.2, -0.15) is 13.2 Å². The first-order valence-corrected chi connectivity index (χ1v) is 5.91. The number of allylic oxidation sites excluding steroid dienone is 1. The molecule has 0 radical (unpaired) electrons. The van der Waals surface area contributed by atoms with Gasteiger partial charge in [-0.3, -0.25) is 0 Å². The second kappa shape index (κ2) is 5.40. The molecule has 6 heteroatoms. The summed E-state index contributed by atoms with van der Waals surface area (Å²) in [7, 11) is 0. The van der Waals surface area contributed by atoms with Crippen LogP contribution >= 0.6 is 0 Å². The molecule has 0 aliphatic carbocycles. The van der Waals surface area contributed by atoms with E-state index in [4.69, 9.17) is 5.11 Å². The van der Waals surface area contributed by atoms with Gasteiger partial charge in [0.05, 0.1) is 11.1 Å². The Morgan fingerprint density at radius 1 is 1.30 bits per heavy atom. The van der Waals surface area contributed by atoms with Gasteiger partial charge in [-0.1, -0.05) is 24.3 Å². The van der Waals surface area contributed by atoms with E-state index in [-0.39, 0.29) is 23.3 Å². The molecule has 1 aromatic rings. The van der Waals surface area contributed by atoms with Gasteiger partial charge >= 0.3 is 12.1 Å². The van der Waals surface area contributed by atoms with Crippen LogP contribution in [-0.2, 0) is 17.4 Å². The summed E-state index contributed by atoms with van der Waals surface area (Å²) in [6.07, 6.45) is -1.53. The van der Waals surface area contributed by atoms with Crippen molar-refractivity contribution in [2.45, 2.75) is 12.6 Å². The van der Waals surface area contributed by atoms with Gasteiger partial charge < -0.3 is 10.4 Å². The molecule has 0 unspecified atom stereocenters. The SMILES string of the molecule is O=C(O)C1=C(Cc2ccccc2C(F)(F)F)NCC=C1. The van der Waals surface area contributed by atoms with Gasteiger partial charge in [0.1, 0.15) is 0 Å². The summed E-state index contributed by atoms with van der Waals surface area (Å²) in [5.41, 5.74) is -0.407. The topological polar surface area (TPSA) is 49.3 Å². The van der Waals surface area contributed by atoms with E-state index in [0.717, 1.165) is 6.07 Å². The zero-order valence-corrected chi connectivity index (χ0v) is 10.4. The average molecular weight is 283 g/mol. The molecule has 3 nitrogen and oxygen atoms in total. The number of hydrogen-bond acceptors (Lipinski definition) is 2. The van der Waals surface area contributed by atoms with Crippen molar-refractivity contribution in [1.29, 1.82) is 0 Å². The van der Waals surface area contributed by atoms with Crippen molar-refractivity contribution in [2.24, 2.45) is 0 Å². The lowest BCUT2D eigenvalue weighted by atomic mass is 9.98. The molecular formula is C14H12F3NO2. The minimum Gasteiger partial charge on any atom is -0.478 e. The molecule has 0 saturated heterocycles. The molecule has 0 fully saturated rings. The number of rotatable bonds is 3. The monoisotopic (exact) mass is 283 g/mol. The minimum absolute atomic E-state index is 0.00627. The largest absolute Gasteiger partial charge is 0.478 e. The third kappa shape index (κ3) is 3.01. The fourth-order valence-electron chi connectivity index (χ4n) is 2.05. The van der Waals surface area contributed by atoms with Gasteiger partial charge in [0.2, 0.25) is 0 Å². The van der Waals surface area contributed by atoms with E-state index in [1.807, 2.05) is 0 Å². The van der Waals surface area contributed by atoms with E-state index in [1.165, 1.54) is 24.3 Å². The van der Waals surface area contributed by atoms with Gasteiger partial charge in [0.15, 0.2) is 0 Å². The maximum Gasteiger partial charge on any atom is 0.416 e. The van der Waals surface area contributed by atoms with Crippen LogP contribution in [0.2, 0.25) is 0 Å². The molecule has 1 heterocycles. The third-order valence-corrected chi connectivity index (χ3v) is 2.96. The van der Waals surface area contributed by atoms with Crippen LogP contribution in [0.5, 0.6) is 0 Å². The van der Waals surface area contributed by atoms with E-state index in [1.54, 1.807) is 6.08 Å². The van der Waals surface area contributed by atoms with Crippen LogP contribution in [0, 0.1) is 0 Å². The van der Waals surface area contributed by atoms with Crippen LogP contribution in [0.1, 0.15) is 11.1 Å². The van der Waals surface area contributed by atoms with E-state index < -0.39 is 17.7 Å². The highest BCUT2D eigenvalue weighted by molar-refractivity contribution is 5.91. The first-order chi connectivity index (χ1) is 9.39. The standard InChI is InChI=1S/C14H12F3NO2/c15-14(16,17)11-6-2-1-4-9(11)8-12-10(13(19)20)5-3-7-18-12/h1-6,18H,7-8H2,(H,19,20). The Hall–Kier alpha value is -2.24. The molecule has 0 bridgehead atoms. The van der Waals surface area contributed by atoms with Gasteiger partial charge in [0, 0.05) is 18.7 Å². The highest BCUT2D eigenvalue weighted by Gasteiger charge is 2.33. The highest BCUT2D eigenvalue weighted by atomic mass is 19.4. The third-order valence-electron chi connectivity index (χ3n) is 2.96. The predicted molar refractivity (Wildman–Crippen MR) is 67.0 cm³/mol. The molecule has 1 aliphatic rings. The van der Waals surface area contributed by atoms with E-state index in [2.05, 4.69) is 5.32 Å². The molecule has 20 heavy (non-hydrogen) atoms.